The Bertz CT molecular complexity index is 779. The number of nitrogens with two attached hydrogens (primary N) is 1. The van der Waals surface area contributed by atoms with Gasteiger partial charge in [-0.1, -0.05) is 23.5 Å². The summed E-state index contributed by atoms with van der Waals surface area (Å²) in [6, 6.07) is 9.52. The first-order chi connectivity index (χ1) is 9.67. The zero-order valence-electron chi connectivity index (χ0n) is 10.8. The smallest absolute Gasteiger partial charge is 0.269 e. The lowest BCUT2D eigenvalue weighted by Crippen LogP contribution is -2.18. The maximum Gasteiger partial charge on any atom is 0.269 e. The number of aromatic nitrogens is 2. The van der Waals surface area contributed by atoms with Gasteiger partial charge in [-0.3, -0.25) is 9.78 Å². The van der Waals surface area contributed by atoms with E-state index in [1.807, 2.05) is 24.3 Å². The van der Waals surface area contributed by atoms with Crippen molar-refractivity contribution in [3.63, 3.8) is 0 Å². The van der Waals surface area contributed by atoms with Gasteiger partial charge in [0.25, 0.3) is 5.91 Å². The number of anilines is 1. The van der Waals surface area contributed by atoms with Crippen molar-refractivity contribution in [3.05, 3.63) is 42.2 Å². The number of thiazole rings is 1. The van der Waals surface area contributed by atoms with Gasteiger partial charge in [-0.15, -0.1) is 0 Å². The topological polar surface area (TPSA) is 80.9 Å². The highest BCUT2D eigenvalue weighted by Crippen LogP contribution is 2.28. The molecule has 0 aliphatic carbocycles. The molecule has 0 fully saturated rings. The van der Waals surface area contributed by atoms with Crippen LogP contribution in [0.1, 0.15) is 10.5 Å². The molecule has 0 bridgehead atoms. The van der Waals surface area contributed by atoms with Crippen LogP contribution in [0.25, 0.3) is 21.3 Å². The van der Waals surface area contributed by atoms with Gasteiger partial charge >= 0.3 is 0 Å². The second-order valence-electron chi connectivity index (χ2n) is 4.25. The van der Waals surface area contributed by atoms with Gasteiger partial charge in [0.15, 0.2) is 5.13 Å². The minimum atomic E-state index is -0.192. The molecule has 0 saturated heterocycles. The number of carbonyl (C=O) groups excluding carboxylic acids is 1. The molecule has 2 heterocycles. The number of hydrogen-bond acceptors (Lipinski definition) is 5. The van der Waals surface area contributed by atoms with Crippen LogP contribution in [-0.2, 0) is 0 Å². The molecule has 3 aromatic rings. The van der Waals surface area contributed by atoms with Crippen LogP contribution < -0.4 is 11.1 Å². The molecule has 0 atom stereocenters. The zero-order valence-corrected chi connectivity index (χ0v) is 11.6. The van der Waals surface area contributed by atoms with E-state index in [0.29, 0.717) is 10.8 Å². The maximum absolute atomic E-state index is 11.4. The average Bonchev–Trinajstić information content (AvgIpc) is 2.85. The van der Waals surface area contributed by atoms with Gasteiger partial charge in [0.1, 0.15) is 5.69 Å². The van der Waals surface area contributed by atoms with E-state index < -0.39 is 0 Å². The third-order valence-corrected chi connectivity index (χ3v) is 3.81. The summed E-state index contributed by atoms with van der Waals surface area (Å²) in [5, 5.41) is 3.11. The number of carbonyl (C=O) groups is 1. The van der Waals surface area contributed by atoms with Gasteiger partial charge in [-0.25, -0.2) is 4.98 Å². The van der Waals surface area contributed by atoms with Crippen molar-refractivity contribution in [1.82, 2.24) is 15.3 Å². The van der Waals surface area contributed by atoms with E-state index >= 15 is 0 Å². The van der Waals surface area contributed by atoms with E-state index in [4.69, 9.17) is 5.73 Å². The lowest BCUT2D eigenvalue weighted by Gasteiger charge is -2.03. The zero-order chi connectivity index (χ0) is 14.1. The highest BCUT2D eigenvalue weighted by atomic mass is 32.1. The number of rotatable bonds is 2. The van der Waals surface area contributed by atoms with Gasteiger partial charge < -0.3 is 11.1 Å². The molecule has 0 aliphatic heterocycles. The van der Waals surface area contributed by atoms with Crippen LogP contribution in [0.2, 0.25) is 0 Å². The third-order valence-electron chi connectivity index (χ3n) is 2.96. The van der Waals surface area contributed by atoms with Crippen molar-refractivity contribution in [2.75, 3.05) is 12.8 Å². The average molecular weight is 284 g/mol. The van der Waals surface area contributed by atoms with E-state index in [1.54, 1.807) is 19.3 Å². The minimum absolute atomic E-state index is 0.192. The number of nitrogen functional groups attached to an aromatic ring is 1. The lowest BCUT2D eigenvalue weighted by molar-refractivity contribution is 0.0958. The molecule has 100 valence electrons. The lowest BCUT2D eigenvalue weighted by atomic mass is 10.1. The molecule has 3 N–H and O–H groups in total. The molecule has 0 saturated carbocycles. The molecule has 20 heavy (non-hydrogen) atoms. The first-order valence-corrected chi connectivity index (χ1v) is 6.83. The Morgan fingerprint density at radius 2 is 2.05 bits per heavy atom. The van der Waals surface area contributed by atoms with E-state index in [0.717, 1.165) is 21.3 Å². The van der Waals surface area contributed by atoms with E-state index in [9.17, 15) is 4.79 Å². The van der Waals surface area contributed by atoms with Crippen molar-refractivity contribution in [1.29, 1.82) is 0 Å². The van der Waals surface area contributed by atoms with Crippen LogP contribution in [-0.4, -0.2) is 22.9 Å². The molecule has 3 rings (SSSR count). The molecule has 0 spiro atoms. The molecular formula is C14H12N4OS. The first kappa shape index (κ1) is 12.6. The molecule has 0 unspecified atom stereocenters. The van der Waals surface area contributed by atoms with Crippen LogP contribution in [0, 0.1) is 0 Å². The normalized spacial score (nSPS) is 10.7. The summed E-state index contributed by atoms with van der Waals surface area (Å²) in [6.07, 6.45) is 1.69. The number of nitrogens with one attached hydrogen (secondary N) is 1. The minimum Gasteiger partial charge on any atom is -0.375 e. The second kappa shape index (κ2) is 4.90. The predicted octanol–water partition coefficient (Wildman–Crippen LogP) is 2.30. The fraction of sp³-hybridized carbons (Fsp3) is 0.0714. The fourth-order valence-electron chi connectivity index (χ4n) is 1.95. The highest BCUT2D eigenvalue weighted by molar-refractivity contribution is 7.22. The Labute approximate surface area is 119 Å². The molecule has 5 nitrogen and oxygen atoms in total. The van der Waals surface area contributed by atoms with Crippen molar-refractivity contribution >= 4 is 32.6 Å². The second-order valence-corrected chi connectivity index (χ2v) is 5.31. The summed E-state index contributed by atoms with van der Waals surface area (Å²) in [6.45, 7) is 0. The van der Waals surface area contributed by atoms with E-state index in [1.165, 1.54) is 11.3 Å². The molecule has 0 radical (unpaired) electrons. The Morgan fingerprint density at radius 3 is 2.75 bits per heavy atom. The van der Waals surface area contributed by atoms with E-state index in [-0.39, 0.29) is 5.91 Å². The summed E-state index contributed by atoms with van der Waals surface area (Å²) in [4.78, 5) is 19.8. The Morgan fingerprint density at radius 1 is 1.25 bits per heavy atom. The number of nitrogens with zero attached hydrogens (tertiary/aromatic N) is 2. The van der Waals surface area contributed by atoms with Crippen LogP contribution >= 0.6 is 11.3 Å². The number of pyridine rings is 1. The largest absolute Gasteiger partial charge is 0.375 e. The Kier molecular flexibility index (Phi) is 3.08. The number of benzene rings is 1. The van der Waals surface area contributed by atoms with E-state index in [2.05, 4.69) is 15.3 Å². The van der Waals surface area contributed by atoms with Crippen LogP contribution in [0.5, 0.6) is 0 Å². The number of amides is 1. The SMILES string of the molecule is CNC(=O)c1ccc(-c2ccc3nc(N)sc3c2)cn1. The van der Waals surface area contributed by atoms with Gasteiger partial charge in [0.2, 0.25) is 0 Å². The predicted molar refractivity (Wildman–Crippen MR) is 80.7 cm³/mol. The molecule has 2 aromatic heterocycles. The maximum atomic E-state index is 11.4. The van der Waals surface area contributed by atoms with Crippen molar-refractivity contribution in [3.8, 4) is 11.1 Å². The van der Waals surface area contributed by atoms with Gasteiger partial charge in [-0.2, -0.15) is 0 Å². The first-order valence-electron chi connectivity index (χ1n) is 6.02. The molecular weight excluding hydrogens is 272 g/mol. The number of fused-ring (bicyclic) bond motifs is 1. The van der Waals surface area contributed by atoms with Crippen molar-refractivity contribution in [2.24, 2.45) is 0 Å². The molecule has 0 aliphatic rings. The Balaban J connectivity index is 1.99. The monoisotopic (exact) mass is 284 g/mol. The summed E-state index contributed by atoms with van der Waals surface area (Å²) < 4.78 is 1.04. The highest BCUT2D eigenvalue weighted by Gasteiger charge is 2.07. The van der Waals surface area contributed by atoms with Gasteiger partial charge in [0.05, 0.1) is 10.2 Å². The summed E-state index contributed by atoms with van der Waals surface area (Å²) >= 11 is 1.45. The van der Waals surface area contributed by atoms with Crippen LogP contribution in [0.3, 0.4) is 0 Å². The fourth-order valence-corrected chi connectivity index (χ4v) is 2.72. The molecule has 6 heteroatoms. The molecule has 1 amide bonds. The van der Waals surface area contributed by atoms with Crippen molar-refractivity contribution in [2.45, 2.75) is 0 Å². The summed E-state index contributed by atoms with van der Waals surface area (Å²) in [5.74, 6) is -0.192. The van der Waals surface area contributed by atoms with Crippen LogP contribution in [0.4, 0.5) is 5.13 Å². The van der Waals surface area contributed by atoms with Crippen LogP contribution in [0.15, 0.2) is 36.5 Å². The van der Waals surface area contributed by atoms with Gasteiger partial charge in [0, 0.05) is 18.8 Å². The third kappa shape index (κ3) is 2.21. The standard InChI is InChI=1S/C14H12N4OS/c1-16-13(19)11-5-3-9(7-17-11)8-2-4-10-12(6-8)20-14(15)18-10/h2-7H,1H3,(H2,15,18)(H,16,19). The summed E-state index contributed by atoms with van der Waals surface area (Å²) in [7, 11) is 1.58. The van der Waals surface area contributed by atoms with Crippen molar-refractivity contribution < 1.29 is 4.79 Å². The number of hydrogen-bond donors (Lipinski definition) is 2. The molecule has 1 aromatic carbocycles. The Hall–Kier alpha value is -2.47. The summed E-state index contributed by atoms with van der Waals surface area (Å²) in [5.41, 5.74) is 8.97. The quantitative estimate of drug-likeness (QED) is 0.756. The van der Waals surface area contributed by atoms with Gasteiger partial charge in [-0.05, 0) is 23.8 Å².